The van der Waals surface area contributed by atoms with Crippen LogP contribution in [-0.2, 0) is 6.42 Å². The van der Waals surface area contributed by atoms with E-state index in [4.69, 9.17) is 17.3 Å². The SMILES string of the molecule is Cc1ccc(CCNc2ccc(Cl)cc2N)cc1. The van der Waals surface area contributed by atoms with E-state index in [2.05, 4.69) is 36.5 Å². The van der Waals surface area contributed by atoms with Crippen molar-refractivity contribution in [3.8, 4) is 0 Å². The summed E-state index contributed by atoms with van der Waals surface area (Å²) >= 11 is 5.85. The van der Waals surface area contributed by atoms with Gasteiger partial charge in [-0.1, -0.05) is 41.4 Å². The molecular weight excluding hydrogens is 244 g/mol. The molecule has 0 spiro atoms. The molecule has 0 unspecified atom stereocenters. The fourth-order valence-corrected chi connectivity index (χ4v) is 1.97. The smallest absolute Gasteiger partial charge is 0.0575 e. The first-order valence-electron chi connectivity index (χ1n) is 5.99. The average molecular weight is 261 g/mol. The van der Waals surface area contributed by atoms with Crippen molar-refractivity contribution in [3.05, 3.63) is 58.6 Å². The van der Waals surface area contributed by atoms with Crippen molar-refractivity contribution in [2.45, 2.75) is 13.3 Å². The van der Waals surface area contributed by atoms with E-state index in [1.54, 1.807) is 6.07 Å². The number of hydrogen-bond donors (Lipinski definition) is 2. The summed E-state index contributed by atoms with van der Waals surface area (Å²) in [7, 11) is 0. The van der Waals surface area contributed by atoms with E-state index in [1.807, 2.05) is 12.1 Å². The molecule has 0 saturated heterocycles. The second-order valence-electron chi connectivity index (χ2n) is 4.39. The van der Waals surface area contributed by atoms with Crippen molar-refractivity contribution in [3.63, 3.8) is 0 Å². The molecule has 2 aromatic carbocycles. The maximum atomic E-state index is 5.87. The number of benzene rings is 2. The van der Waals surface area contributed by atoms with Crippen LogP contribution in [0.25, 0.3) is 0 Å². The minimum Gasteiger partial charge on any atom is -0.397 e. The fraction of sp³-hybridized carbons (Fsp3) is 0.200. The van der Waals surface area contributed by atoms with Crippen LogP contribution in [0.4, 0.5) is 11.4 Å². The molecule has 0 amide bonds. The molecule has 0 atom stereocenters. The van der Waals surface area contributed by atoms with Gasteiger partial charge in [-0.2, -0.15) is 0 Å². The van der Waals surface area contributed by atoms with Crippen molar-refractivity contribution in [1.82, 2.24) is 0 Å². The third kappa shape index (κ3) is 3.41. The second kappa shape index (κ2) is 5.78. The third-order valence-corrected chi connectivity index (χ3v) is 3.10. The lowest BCUT2D eigenvalue weighted by Crippen LogP contribution is -2.06. The lowest BCUT2D eigenvalue weighted by atomic mass is 10.1. The van der Waals surface area contributed by atoms with Crippen LogP contribution in [0.5, 0.6) is 0 Å². The largest absolute Gasteiger partial charge is 0.397 e. The maximum Gasteiger partial charge on any atom is 0.0575 e. The van der Waals surface area contributed by atoms with E-state index in [1.165, 1.54) is 11.1 Å². The number of nitrogen functional groups attached to an aromatic ring is 1. The molecule has 18 heavy (non-hydrogen) atoms. The van der Waals surface area contributed by atoms with E-state index in [0.29, 0.717) is 10.7 Å². The second-order valence-corrected chi connectivity index (χ2v) is 4.83. The first-order chi connectivity index (χ1) is 8.65. The summed E-state index contributed by atoms with van der Waals surface area (Å²) in [4.78, 5) is 0. The zero-order chi connectivity index (χ0) is 13.0. The van der Waals surface area contributed by atoms with Gasteiger partial charge in [0.15, 0.2) is 0 Å². The molecule has 0 aliphatic carbocycles. The standard InChI is InChI=1S/C15H17ClN2/c1-11-2-4-12(5-3-11)8-9-18-15-7-6-13(16)10-14(15)17/h2-7,10,18H,8-9,17H2,1H3. The summed E-state index contributed by atoms with van der Waals surface area (Å²) < 4.78 is 0. The van der Waals surface area contributed by atoms with Crippen LogP contribution in [0.15, 0.2) is 42.5 Å². The first-order valence-corrected chi connectivity index (χ1v) is 6.37. The van der Waals surface area contributed by atoms with Gasteiger partial charge in [-0.15, -0.1) is 0 Å². The van der Waals surface area contributed by atoms with Crippen LogP contribution in [0, 0.1) is 6.92 Å². The Hall–Kier alpha value is -1.67. The molecule has 0 fully saturated rings. The number of anilines is 2. The summed E-state index contributed by atoms with van der Waals surface area (Å²) in [5.74, 6) is 0. The quantitative estimate of drug-likeness (QED) is 0.819. The summed E-state index contributed by atoms with van der Waals surface area (Å²) in [5.41, 5.74) is 10.1. The molecule has 2 nitrogen and oxygen atoms in total. The zero-order valence-corrected chi connectivity index (χ0v) is 11.2. The molecule has 0 saturated carbocycles. The molecular formula is C15H17ClN2. The Morgan fingerprint density at radius 2 is 1.83 bits per heavy atom. The number of rotatable bonds is 4. The Morgan fingerprint density at radius 1 is 1.11 bits per heavy atom. The summed E-state index contributed by atoms with van der Waals surface area (Å²) in [6.07, 6.45) is 0.975. The number of nitrogens with one attached hydrogen (secondary N) is 1. The highest BCUT2D eigenvalue weighted by Gasteiger charge is 1.99. The molecule has 3 heteroatoms. The Kier molecular flexibility index (Phi) is 4.11. The maximum absolute atomic E-state index is 5.87. The van der Waals surface area contributed by atoms with Gasteiger partial charge < -0.3 is 11.1 Å². The van der Waals surface area contributed by atoms with Gasteiger partial charge in [0, 0.05) is 11.6 Å². The summed E-state index contributed by atoms with van der Waals surface area (Å²) in [6, 6.07) is 14.1. The summed E-state index contributed by atoms with van der Waals surface area (Å²) in [5, 5.41) is 3.98. The van der Waals surface area contributed by atoms with Crippen LogP contribution in [-0.4, -0.2) is 6.54 Å². The van der Waals surface area contributed by atoms with Crippen molar-refractivity contribution < 1.29 is 0 Å². The zero-order valence-electron chi connectivity index (χ0n) is 10.4. The van der Waals surface area contributed by atoms with E-state index in [9.17, 15) is 0 Å². The van der Waals surface area contributed by atoms with Gasteiger partial charge in [0.1, 0.15) is 0 Å². The molecule has 94 valence electrons. The molecule has 2 rings (SSSR count). The van der Waals surface area contributed by atoms with Gasteiger partial charge in [0.25, 0.3) is 0 Å². The van der Waals surface area contributed by atoms with Gasteiger partial charge >= 0.3 is 0 Å². The van der Waals surface area contributed by atoms with Crippen LogP contribution in [0.2, 0.25) is 5.02 Å². The Balaban J connectivity index is 1.90. The molecule has 0 aliphatic heterocycles. The lowest BCUT2D eigenvalue weighted by molar-refractivity contribution is 1.02. The van der Waals surface area contributed by atoms with Gasteiger partial charge in [-0.3, -0.25) is 0 Å². The molecule has 0 heterocycles. The van der Waals surface area contributed by atoms with Crippen LogP contribution < -0.4 is 11.1 Å². The Morgan fingerprint density at radius 3 is 2.50 bits per heavy atom. The van der Waals surface area contributed by atoms with E-state index < -0.39 is 0 Å². The van der Waals surface area contributed by atoms with Crippen LogP contribution >= 0.6 is 11.6 Å². The number of nitrogens with two attached hydrogens (primary N) is 1. The van der Waals surface area contributed by atoms with Gasteiger partial charge in [-0.05, 0) is 37.1 Å². The van der Waals surface area contributed by atoms with Crippen molar-refractivity contribution >= 4 is 23.0 Å². The Bertz CT molecular complexity index is 521. The van der Waals surface area contributed by atoms with E-state index in [0.717, 1.165) is 18.7 Å². The fourth-order valence-electron chi connectivity index (χ4n) is 1.79. The minimum absolute atomic E-state index is 0.664. The number of halogens is 1. The lowest BCUT2D eigenvalue weighted by Gasteiger charge is -2.09. The number of hydrogen-bond acceptors (Lipinski definition) is 2. The van der Waals surface area contributed by atoms with Crippen LogP contribution in [0.1, 0.15) is 11.1 Å². The predicted molar refractivity (Wildman–Crippen MR) is 79.2 cm³/mol. The van der Waals surface area contributed by atoms with Crippen molar-refractivity contribution in [2.24, 2.45) is 0 Å². The van der Waals surface area contributed by atoms with E-state index in [-0.39, 0.29) is 0 Å². The molecule has 0 aromatic heterocycles. The molecule has 0 radical (unpaired) electrons. The van der Waals surface area contributed by atoms with Crippen molar-refractivity contribution in [2.75, 3.05) is 17.6 Å². The van der Waals surface area contributed by atoms with Gasteiger partial charge in [0.05, 0.1) is 11.4 Å². The van der Waals surface area contributed by atoms with Crippen LogP contribution in [0.3, 0.4) is 0 Å². The van der Waals surface area contributed by atoms with Crippen molar-refractivity contribution in [1.29, 1.82) is 0 Å². The first kappa shape index (κ1) is 12.8. The van der Waals surface area contributed by atoms with E-state index >= 15 is 0 Å². The highest BCUT2D eigenvalue weighted by atomic mass is 35.5. The minimum atomic E-state index is 0.664. The highest BCUT2D eigenvalue weighted by molar-refractivity contribution is 6.31. The monoisotopic (exact) mass is 260 g/mol. The normalized spacial score (nSPS) is 10.3. The topological polar surface area (TPSA) is 38.0 Å². The molecule has 3 N–H and O–H groups in total. The van der Waals surface area contributed by atoms with Gasteiger partial charge in [0.2, 0.25) is 0 Å². The van der Waals surface area contributed by atoms with Gasteiger partial charge in [-0.25, -0.2) is 0 Å². The molecule has 0 aliphatic rings. The highest BCUT2D eigenvalue weighted by Crippen LogP contribution is 2.22. The molecule has 0 bridgehead atoms. The Labute approximate surface area is 113 Å². The number of aryl methyl sites for hydroxylation is 1. The summed E-state index contributed by atoms with van der Waals surface area (Å²) in [6.45, 7) is 2.95. The predicted octanol–water partition coefficient (Wildman–Crippen LogP) is 3.89. The molecule has 2 aromatic rings. The third-order valence-electron chi connectivity index (χ3n) is 2.86. The average Bonchev–Trinajstić information content (AvgIpc) is 2.34.